The highest BCUT2D eigenvalue weighted by Gasteiger charge is 2.27. The summed E-state index contributed by atoms with van der Waals surface area (Å²) in [5.74, 6) is 0.778. The number of ether oxygens (including phenoxy) is 1. The highest BCUT2D eigenvalue weighted by molar-refractivity contribution is 5.75. The second kappa shape index (κ2) is 7.88. The smallest absolute Gasteiger partial charge is 0.223 e. The molecule has 0 bridgehead atoms. The van der Waals surface area contributed by atoms with Crippen LogP contribution in [-0.2, 0) is 4.79 Å². The molecule has 1 aromatic rings. The largest absolute Gasteiger partial charge is 0.493 e. The fourth-order valence-electron chi connectivity index (χ4n) is 2.29. The topological polar surface area (TPSA) is 67.6 Å². The van der Waals surface area contributed by atoms with Gasteiger partial charge in [0.05, 0.1) is 13.0 Å². The Labute approximate surface area is 126 Å². The summed E-state index contributed by atoms with van der Waals surface area (Å²) in [5, 5.41) is 2.94. The fraction of sp³-hybridized carbons (Fsp3) is 0.562. The third kappa shape index (κ3) is 5.63. The number of benzene rings is 1. The van der Waals surface area contributed by atoms with Crippen LogP contribution in [0.15, 0.2) is 24.3 Å². The lowest BCUT2D eigenvalue weighted by Gasteiger charge is -2.19. The zero-order valence-electron chi connectivity index (χ0n) is 12.7. The Morgan fingerprint density at radius 3 is 2.71 bits per heavy atom. The van der Waals surface area contributed by atoms with E-state index < -0.39 is 0 Å². The molecule has 0 unspecified atom stereocenters. The van der Waals surface area contributed by atoms with E-state index in [-0.39, 0.29) is 5.91 Å². The number of amides is 1. The van der Waals surface area contributed by atoms with Crippen LogP contribution in [0.3, 0.4) is 0 Å². The monoisotopic (exact) mass is 291 g/mol. The summed E-state index contributed by atoms with van der Waals surface area (Å²) in [7, 11) is 0. The molecule has 116 valence electrons. The van der Waals surface area contributed by atoms with Gasteiger partial charge in [0.15, 0.2) is 0 Å². The van der Waals surface area contributed by atoms with Crippen LogP contribution < -0.4 is 15.8 Å². The van der Waals surface area contributed by atoms with Gasteiger partial charge in [-0.1, -0.05) is 6.92 Å². The molecular weight excluding hydrogens is 266 g/mol. The van der Waals surface area contributed by atoms with Crippen LogP contribution in [0.25, 0.3) is 0 Å². The number of hydrogen-bond acceptors (Lipinski definition) is 4. The van der Waals surface area contributed by atoms with E-state index in [9.17, 15) is 4.79 Å². The van der Waals surface area contributed by atoms with Gasteiger partial charge in [-0.25, -0.2) is 0 Å². The van der Waals surface area contributed by atoms with E-state index in [0.29, 0.717) is 25.3 Å². The molecule has 5 nitrogen and oxygen atoms in total. The van der Waals surface area contributed by atoms with Gasteiger partial charge in [-0.2, -0.15) is 0 Å². The van der Waals surface area contributed by atoms with Gasteiger partial charge in [0.2, 0.25) is 5.91 Å². The summed E-state index contributed by atoms with van der Waals surface area (Å²) in [6.07, 6.45) is 2.98. The Hall–Kier alpha value is -1.75. The van der Waals surface area contributed by atoms with Crippen molar-refractivity contribution in [2.24, 2.45) is 0 Å². The summed E-state index contributed by atoms with van der Waals surface area (Å²) in [6, 6.07) is 7.93. The van der Waals surface area contributed by atoms with Crippen molar-refractivity contribution < 1.29 is 9.53 Å². The zero-order chi connectivity index (χ0) is 15.1. The Kier molecular flexibility index (Phi) is 5.87. The van der Waals surface area contributed by atoms with Crippen molar-refractivity contribution in [3.63, 3.8) is 0 Å². The average Bonchev–Trinajstić information content (AvgIpc) is 3.30. The van der Waals surface area contributed by atoms with E-state index in [1.54, 1.807) is 12.1 Å². The lowest BCUT2D eigenvalue weighted by molar-refractivity contribution is -0.121. The van der Waals surface area contributed by atoms with Crippen LogP contribution in [0.2, 0.25) is 0 Å². The molecule has 0 saturated heterocycles. The first-order valence-electron chi connectivity index (χ1n) is 7.68. The van der Waals surface area contributed by atoms with Gasteiger partial charge in [-0.3, -0.25) is 9.69 Å². The first-order valence-corrected chi connectivity index (χ1v) is 7.68. The number of carbonyl (C=O) groups excluding carboxylic acids is 1. The maximum atomic E-state index is 11.7. The number of anilines is 1. The van der Waals surface area contributed by atoms with E-state index in [1.807, 2.05) is 12.1 Å². The molecular formula is C16H25N3O2. The molecule has 1 saturated carbocycles. The maximum absolute atomic E-state index is 11.7. The van der Waals surface area contributed by atoms with Crippen LogP contribution >= 0.6 is 0 Å². The van der Waals surface area contributed by atoms with Gasteiger partial charge in [0.25, 0.3) is 0 Å². The molecule has 0 atom stereocenters. The Bertz CT molecular complexity index is 443. The second-order valence-electron chi connectivity index (χ2n) is 5.38. The quantitative estimate of drug-likeness (QED) is 0.679. The molecule has 21 heavy (non-hydrogen) atoms. The van der Waals surface area contributed by atoms with Crippen molar-refractivity contribution in [1.29, 1.82) is 0 Å². The molecule has 0 heterocycles. The van der Waals surface area contributed by atoms with Crippen molar-refractivity contribution in [3.8, 4) is 5.75 Å². The first-order chi connectivity index (χ1) is 10.2. The third-order valence-electron chi connectivity index (χ3n) is 3.67. The van der Waals surface area contributed by atoms with Crippen LogP contribution in [0.4, 0.5) is 5.69 Å². The van der Waals surface area contributed by atoms with Gasteiger partial charge >= 0.3 is 0 Å². The summed E-state index contributed by atoms with van der Waals surface area (Å²) in [4.78, 5) is 14.1. The normalized spacial score (nSPS) is 14.2. The van der Waals surface area contributed by atoms with Gasteiger partial charge in [-0.15, -0.1) is 0 Å². The molecule has 1 aliphatic rings. The minimum Gasteiger partial charge on any atom is -0.493 e. The van der Waals surface area contributed by atoms with Gasteiger partial charge in [-0.05, 0) is 43.7 Å². The molecule has 2 rings (SSSR count). The second-order valence-corrected chi connectivity index (χ2v) is 5.38. The van der Waals surface area contributed by atoms with Crippen LogP contribution in [0.1, 0.15) is 26.2 Å². The molecule has 0 spiro atoms. The molecule has 3 N–H and O–H groups in total. The third-order valence-corrected chi connectivity index (χ3v) is 3.67. The standard InChI is InChI=1S/C16H25N3O2/c1-2-19(14-5-6-14)11-10-18-16(20)9-12-21-15-7-3-13(17)4-8-15/h3-4,7-8,14H,2,5-6,9-12,17H2,1H3,(H,18,20). The lowest BCUT2D eigenvalue weighted by Crippen LogP contribution is -2.36. The van der Waals surface area contributed by atoms with Crippen molar-refractivity contribution in [3.05, 3.63) is 24.3 Å². The Morgan fingerprint density at radius 1 is 1.38 bits per heavy atom. The predicted molar refractivity (Wildman–Crippen MR) is 84.2 cm³/mol. The summed E-state index contributed by atoms with van der Waals surface area (Å²) in [6.45, 7) is 5.26. The predicted octanol–water partition coefficient (Wildman–Crippen LogP) is 1.64. The SMILES string of the molecule is CCN(CCNC(=O)CCOc1ccc(N)cc1)C1CC1. The molecule has 1 aromatic carbocycles. The van der Waals surface area contributed by atoms with E-state index in [2.05, 4.69) is 17.1 Å². The first kappa shape index (κ1) is 15.6. The maximum Gasteiger partial charge on any atom is 0.223 e. The zero-order valence-corrected chi connectivity index (χ0v) is 12.7. The van der Waals surface area contributed by atoms with Crippen molar-refractivity contribution in [2.75, 3.05) is 32.0 Å². The molecule has 0 aliphatic heterocycles. The van der Waals surface area contributed by atoms with Crippen molar-refractivity contribution >= 4 is 11.6 Å². The minimum atomic E-state index is 0.0392. The lowest BCUT2D eigenvalue weighted by atomic mass is 10.3. The molecule has 1 amide bonds. The molecule has 1 fully saturated rings. The highest BCUT2D eigenvalue weighted by Crippen LogP contribution is 2.25. The Morgan fingerprint density at radius 2 is 2.10 bits per heavy atom. The molecule has 0 radical (unpaired) electrons. The number of nitrogen functional groups attached to an aromatic ring is 1. The average molecular weight is 291 g/mol. The Balaban J connectivity index is 1.55. The summed E-state index contributed by atoms with van der Waals surface area (Å²) < 4.78 is 5.50. The number of hydrogen-bond donors (Lipinski definition) is 2. The summed E-state index contributed by atoms with van der Waals surface area (Å²) >= 11 is 0. The van der Waals surface area contributed by atoms with E-state index in [0.717, 1.165) is 24.9 Å². The fourth-order valence-corrected chi connectivity index (χ4v) is 2.29. The number of nitrogens with zero attached hydrogens (tertiary/aromatic N) is 1. The van der Waals surface area contributed by atoms with E-state index in [1.165, 1.54) is 12.8 Å². The molecule has 5 heteroatoms. The van der Waals surface area contributed by atoms with E-state index >= 15 is 0 Å². The van der Waals surface area contributed by atoms with Crippen molar-refractivity contribution in [2.45, 2.75) is 32.2 Å². The number of rotatable bonds is 9. The number of likely N-dealkylation sites (N-methyl/N-ethyl adjacent to an activating group) is 1. The number of nitrogens with two attached hydrogens (primary N) is 1. The number of carbonyl (C=O) groups is 1. The van der Waals surface area contributed by atoms with Gasteiger partial charge < -0.3 is 15.8 Å². The van der Waals surface area contributed by atoms with Crippen LogP contribution in [0.5, 0.6) is 5.75 Å². The highest BCUT2D eigenvalue weighted by atomic mass is 16.5. The summed E-state index contributed by atoms with van der Waals surface area (Å²) in [5.41, 5.74) is 6.30. The van der Waals surface area contributed by atoms with Crippen LogP contribution in [0, 0.1) is 0 Å². The van der Waals surface area contributed by atoms with Gasteiger partial charge in [0, 0.05) is 24.8 Å². The molecule has 1 aliphatic carbocycles. The van der Waals surface area contributed by atoms with Crippen LogP contribution in [-0.4, -0.2) is 43.1 Å². The van der Waals surface area contributed by atoms with Gasteiger partial charge in [0.1, 0.15) is 5.75 Å². The number of nitrogens with one attached hydrogen (secondary N) is 1. The minimum absolute atomic E-state index is 0.0392. The van der Waals surface area contributed by atoms with E-state index in [4.69, 9.17) is 10.5 Å². The molecule has 0 aromatic heterocycles. The van der Waals surface area contributed by atoms with Crippen molar-refractivity contribution in [1.82, 2.24) is 10.2 Å².